The van der Waals surface area contributed by atoms with Gasteiger partial charge in [0.05, 0.1) is 0 Å². The van der Waals surface area contributed by atoms with Gasteiger partial charge in [0.1, 0.15) is 5.76 Å². The van der Waals surface area contributed by atoms with Crippen molar-refractivity contribution in [2.75, 3.05) is 0 Å². The van der Waals surface area contributed by atoms with Gasteiger partial charge in [0.15, 0.2) is 0 Å². The summed E-state index contributed by atoms with van der Waals surface area (Å²) in [6.07, 6.45) is 8.57. The van der Waals surface area contributed by atoms with E-state index in [-0.39, 0.29) is 5.97 Å². The molecule has 19 heavy (non-hydrogen) atoms. The van der Waals surface area contributed by atoms with Crippen molar-refractivity contribution >= 4 is 12.0 Å². The quantitative estimate of drug-likeness (QED) is 0.701. The topological polar surface area (TPSA) is 26.3 Å². The molecule has 0 saturated heterocycles. The molecule has 0 atom stereocenters. The van der Waals surface area contributed by atoms with Crippen molar-refractivity contribution in [3.8, 4) is 0 Å². The minimum Gasteiger partial charge on any atom is -0.423 e. The molecule has 1 aromatic carbocycles. The van der Waals surface area contributed by atoms with Crippen LogP contribution in [0.5, 0.6) is 0 Å². The van der Waals surface area contributed by atoms with Gasteiger partial charge in [0, 0.05) is 11.1 Å². The van der Waals surface area contributed by atoms with E-state index in [4.69, 9.17) is 4.74 Å². The molecular formula is C17H18O2. The van der Waals surface area contributed by atoms with Crippen LogP contribution in [0.4, 0.5) is 0 Å². The molecular weight excluding hydrogens is 236 g/mol. The second-order valence-electron chi connectivity index (χ2n) is 5.18. The largest absolute Gasteiger partial charge is 0.423 e. The fourth-order valence-corrected chi connectivity index (χ4v) is 2.80. The monoisotopic (exact) mass is 254 g/mol. The van der Waals surface area contributed by atoms with Crippen molar-refractivity contribution in [1.82, 2.24) is 0 Å². The number of carbonyl (C=O) groups is 1. The van der Waals surface area contributed by atoms with Gasteiger partial charge < -0.3 is 4.74 Å². The molecule has 1 aromatic rings. The molecule has 0 radical (unpaired) electrons. The van der Waals surface area contributed by atoms with Crippen LogP contribution in [0.2, 0.25) is 0 Å². The maximum Gasteiger partial charge on any atom is 0.339 e. The molecule has 0 amide bonds. The number of hydrogen-bond donors (Lipinski definition) is 0. The van der Waals surface area contributed by atoms with Gasteiger partial charge in [0.25, 0.3) is 0 Å². The fourth-order valence-electron chi connectivity index (χ4n) is 2.80. The molecule has 2 heteroatoms. The molecule has 98 valence electrons. The van der Waals surface area contributed by atoms with Crippen LogP contribution in [0, 0.1) is 0 Å². The summed E-state index contributed by atoms with van der Waals surface area (Å²) in [5.41, 5.74) is 3.15. The van der Waals surface area contributed by atoms with Crippen LogP contribution in [-0.4, -0.2) is 5.97 Å². The number of cyclic esters (lactones) is 1. The number of allylic oxidation sites excluding steroid dienone is 1. The Labute approximate surface area is 113 Å². The number of ether oxygens (including phenoxy) is 1. The summed E-state index contributed by atoms with van der Waals surface area (Å²) in [7, 11) is 0. The van der Waals surface area contributed by atoms with E-state index in [2.05, 4.69) is 0 Å². The molecule has 2 nitrogen and oxygen atoms in total. The summed E-state index contributed by atoms with van der Waals surface area (Å²) < 4.78 is 5.47. The summed E-state index contributed by atoms with van der Waals surface area (Å²) in [5, 5.41) is 0. The molecule has 1 aliphatic carbocycles. The van der Waals surface area contributed by atoms with Gasteiger partial charge in [-0.15, -0.1) is 0 Å². The maximum atomic E-state index is 12.0. The van der Waals surface area contributed by atoms with Crippen LogP contribution in [0.1, 0.15) is 44.1 Å². The average Bonchev–Trinajstić information content (AvgIpc) is 2.65. The molecule has 0 bridgehead atoms. The minimum atomic E-state index is -0.126. The highest BCUT2D eigenvalue weighted by atomic mass is 16.5. The van der Waals surface area contributed by atoms with E-state index in [0.717, 1.165) is 48.2 Å². The van der Waals surface area contributed by atoms with E-state index >= 15 is 0 Å². The van der Waals surface area contributed by atoms with Crippen molar-refractivity contribution in [2.24, 2.45) is 0 Å². The van der Waals surface area contributed by atoms with E-state index in [0.29, 0.717) is 0 Å². The zero-order chi connectivity index (χ0) is 13.1. The second-order valence-corrected chi connectivity index (χ2v) is 5.18. The first kappa shape index (κ1) is 12.2. The molecule has 2 aliphatic rings. The van der Waals surface area contributed by atoms with Crippen LogP contribution in [0.15, 0.2) is 47.2 Å². The highest BCUT2D eigenvalue weighted by Crippen LogP contribution is 2.36. The van der Waals surface area contributed by atoms with Crippen LogP contribution < -0.4 is 0 Å². The molecule has 0 saturated carbocycles. The Morgan fingerprint density at radius 2 is 1.58 bits per heavy atom. The van der Waals surface area contributed by atoms with Gasteiger partial charge in [0.2, 0.25) is 0 Å². The number of rotatable bonds is 1. The van der Waals surface area contributed by atoms with Gasteiger partial charge in [-0.2, -0.15) is 0 Å². The van der Waals surface area contributed by atoms with Crippen molar-refractivity contribution in [3.05, 3.63) is 52.8 Å². The first-order chi connectivity index (χ1) is 9.34. The van der Waals surface area contributed by atoms with Crippen molar-refractivity contribution in [3.63, 3.8) is 0 Å². The maximum absolute atomic E-state index is 12.0. The lowest BCUT2D eigenvalue weighted by atomic mass is 9.93. The Kier molecular flexibility index (Phi) is 3.49. The van der Waals surface area contributed by atoms with Crippen LogP contribution in [0.3, 0.4) is 0 Å². The third-order valence-electron chi connectivity index (χ3n) is 3.81. The van der Waals surface area contributed by atoms with Crippen molar-refractivity contribution in [1.29, 1.82) is 0 Å². The molecule has 3 rings (SSSR count). The summed E-state index contributed by atoms with van der Waals surface area (Å²) in [4.78, 5) is 12.0. The lowest BCUT2D eigenvalue weighted by Gasteiger charge is -2.09. The van der Waals surface area contributed by atoms with E-state index in [9.17, 15) is 4.79 Å². The lowest BCUT2D eigenvalue weighted by molar-refractivity contribution is -0.133. The number of hydrogen-bond acceptors (Lipinski definition) is 2. The zero-order valence-corrected chi connectivity index (χ0v) is 11.0. The van der Waals surface area contributed by atoms with Gasteiger partial charge in [-0.3, -0.25) is 0 Å². The smallest absolute Gasteiger partial charge is 0.339 e. The summed E-state index contributed by atoms with van der Waals surface area (Å²) >= 11 is 0. The first-order valence-corrected chi connectivity index (χ1v) is 7.06. The standard InChI is InChI=1S/C17H18O2/c18-17-15-11-7-2-1-6-10-14(15)16(19-17)12-13-8-4-3-5-9-13/h3-5,8-9,12H,1-2,6-7,10-11H2/b16-12-. The van der Waals surface area contributed by atoms with E-state index in [1.807, 2.05) is 36.4 Å². The summed E-state index contributed by atoms with van der Waals surface area (Å²) in [6, 6.07) is 10.0. The minimum absolute atomic E-state index is 0.126. The van der Waals surface area contributed by atoms with Gasteiger partial charge in [-0.05, 0) is 37.3 Å². The molecule has 0 N–H and O–H groups in total. The molecule has 0 fully saturated rings. The first-order valence-electron chi connectivity index (χ1n) is 7.06. The Bertz CT molecular complexity index is 538. The molecule has 0 spiro atoms. The van der Waals surface area contributed by atoms with E-state index in [1.165, 1.54) is 12.8 Å². The highest BCUT2D eigenvalue weighted by molar-refractivity contribution is 5.95. The van der Waals surface area contributed by atoms with E-state index in [1.54, 1.807) is 0 Å². The number of benzene rings is 1. The fraction of sp³-hybridized carbons (Fsp3) is 0.353. The third-order valence-corrected chi connectivity index (χ3v) is 3.81. The predicted octanol–water partition coefficient (Wildman–Crippen LogP) is 4.24. The SMILES string of the molecule is O=C1O/C(=C\c2ccccc2)C2=C1CCCCCC2. The van der Waals surface area contributed by atoms with Crippen LogP contribution in [-0.2, 0) is 9.53 Å². The predicted molar refractivity (Wildman–Crippen MR) is 75.2 cm³/mol. The average molecular weight is 254 g/mol. The van der Waals surface area contributed by atoms with Crippen LogP contribution in [0.25, 0.3) is 6.08 Å². The Hall–Kier alpha value is -1.83. The Morgan fingerprint density at radius 3 is 2.32 bits per heavy atom. The van der Waals surface area contributed by atoms with Crippen molar-refractivity contribution < 1.29 is 9.53 Å². The summed E-state index contributed by atoms with van der Waals surface area (Å²) in [6.45, 7) is 0. The lowest BCUT2D eigenvalue weighted by Crippen LogP contribution is -2.00. The Balaban J connectivity index is 1.94. The number of carbonyl (C=O) groups excluding carboxylic acids is 1. The molecule has 0 aromatic heterocycles. The highest BCUT2D eigenvalue weighted by Gasteiger charge is 2.29. The molecule has 1 aliphatic heterocycles. The van der Waals surface area contributed by atoms with Gasteiger partial charge >= 0.3 is 5.97 Å². The normalized spacial score (nSPS) is 21.9. The molecule has 0 unspecified atom stereocenters. The zero-order valence-electron chi connectivity index (χ0n) is 11.0. The van der Waals surface area contributed by atoms with Crippen LogP contribution >= 0.6 is 0 Å². The van der Waals surface area contributed by atoms with Crippen molar-refractivity contribution in [2.45, 2.75) is 38.5 Å². The third kappa shape index (κ3) is 2.62. The van der Waals surface area contributed by atoms with Gasteiger partial charge in [-0.1, -0.05) is 43.2 Å². The molecule has 1 heterocycles. The van der Waals surface area contributed by atoms with E-state index < -0.39 is 0 Å². The summed E-state index contributed by atoms with van der Waals surface area (Å²) in [5.74, 6) is 0.646. The number of esters is 1. The van der Waals surface area contributed by atoms with Gasteiger partial charge in [-0.25, -0.2) is 4.79 Å². The Morgan fingerprint density at radius 1 is 0.895 bits per heavy atom. The second kappa shape index (κ2) is 5.43.